The molecule has 0 saturated carbocycles. The van der Waals surface area contributed by atoms with Gasteiger partial charge < -0.3 is 10.6 Å². The number of nitrogens with zero attached hydrogens (tertiary/aromatic N) is 1. The molecule has 0 aliphatic heterocycles. The van der Waals surface area contributed by atoms with E-state index in [1.54, 1.807) is 12.1 Å². The molecule has 2 nitrogen and oxygen atoms in total. The molecule has 0 spiro atoms. The van der Waals surface area contributed by atoms with Gasteiger partial charge >= 0.3 is 0 Å². The highest BCUT2D eigenvalue weighted by molar-refractivity contribution is 6.42. The van der Waals surface area contributed by atoms with Gasteiger partial charge in [0.05, 0.1) is 16.7 Å². The average molecular weight is 205 g/mol. The molecule has 66 valence electrons. The van der Waals surface area contributed by atoms with E-state index < -0.39 is 0 Å². The maximum absolute atomic E-state index is 5.82. The molecule has 1 rings (SSSR count). The van der Waals surface area contributed by atoms with E-state index in [1.165, 1.54) is 0 Å². The Morgan fingerprint density at radius 2 is 2.00 bits per heavy atom. The first kappa shape index (κ1) is 9.65. The SMILES string of the molecule is CN(CN)c1ccc(Cl)c(Cl)c1. The van der Waals surface area contributed by atoms with Gasteiger partial charge in [-0.3, -0.25) is 0 Å². The number of benzene rings is 1. The van der Waals surface area contributed by atoms with E-state index in [0.717, 1.165) is 5.69 Å². The van der Waals surface area contributed by atoms with E-state index in [1.807, 2.05) is 18.0 Å². The Morgan fingerprint density at radius 3 is 2.50 bits per heavy atom. The van der Waals surface area contributed by atoms with Crippen molar-refractivity contribution in [3.8, 4) is 0 Å². The summed E-state index contributed by atoms with van der Waals surface area (Å²) in [6, 6.07) is 5.42. The molecule has 0 fully saturated rings. The highest BCUT2D eigenvalue weighted by Crippen LogP contribution is 2.26. The number of nitrogens with two attached hydrogens (primary N) is 1. The zero-order chi connectivity index (χ0) is 9.14. The van der Waals surface area contributed by atoms with E-state index in [0.29, 0.717) is 16.7 Å². The first-order chi connectivity index (χ1) is 5.65. The van der Waals surface area contributed by atoms with Gasteiger partial charge in [0, 0.05) is 12.7 Å². The third kappa shape index (κ3) is 2.03. The summed E-state index contributed by atoms with van der Waals surface area (Å²) < 4.78 is 0. The van der Waals surface area contributed by atoms with Gasteiger partial charge in [0.15, 0.2) is 0 Å². The molecule has 0 unspecified atom stereocenters. The number of hydrogen-bond donors (Lipinski definition) is 1. The quantitative estimate of drug-likeness (QED) is 0.751. The van der Waals surface area contributed by atoms with Crippen molar-refractivity contribution in [2.45, 2.75) is 0 Å². The summed E-state index contributed by atoms with van der Waals surface area (Å²) in [6.45, 7) is 0.456. The van der Waals surface area contributed by atoms with Crippen LogP contribution in [-0.2, 0) is 0 Å². The summed E-state index contributed by atoms with van der Waals surface area (Å²) >= 11 is 11.6. The number of anilines is 1. The molecule has 0 bridgehead atoms. The smallest absolute Gasteiger partial charge is 0.0653 e. The Bertz CT molecular complexity index is 276. The van der Waals surface area contributed by atoms with Crippen LogP contribution >= 0.6 is 23.2 Å². The molecular formula is C8H10Cl2N2. The molecule has 0 heterocycles. The highest BCUT2D eigenvalue weighted by atomic mass is 35.5. The third-order valence-corrected chi connectivity index (χ3v) is 2.36. The van der Waals surface area contributed by atoms with Crippen molar-refractivity contribution in [3.63, 3.8) is 0 Å². The van der Waals surface area contributed by atoms with Gasteiger partial charge in [-0.15, -0.1) is 0 Å². The zero-order valence-electron chi connectivity index (χ0n) is 6.72. The fourth-order valence-corrected chi connectivity index (χ4v) is 1.12. The van der Waals surface area contributed by atoms with Crippen LogP contribution in [-0.4, -0.2) is 13.7 Å². The summed E-state index contributed by atoms with van der Waals surface area (Å²) in [5.41, 5.74) is 6.41. The van der Waals surface area contributed by atoms with E-state index in [4.69, 9.17) is 28.9 Å². The zero-order valence-corrected chi connectivity index (χ0v) is 8.23. The Balaban J connectivity index is 2.96. The lowest BCUT2D eigenvalue weighted by atomic mass is 10.3. The molecular weight excluding hydrogens is 195 g/mol. The second-order valence-electron chi connectivity index (χ2n) is 2.48. The average Bonchev–Trinajstić information content (AvgIpc) is 2.08. The van der Waals surface area contributed by atoms with E-state index in [2.05, 4.69) is 0 Å². The third-order valence-electron chi connectivity index (χ3n) is 1.62. The maximum Gasteiger partial charge on any atom is 0.0653 e. The molecule has 2 N–H and O–H groups in total. The minimum Gasteiger partial charge on any atom is -0.362 e. The minimum atomic E-state index is 0.456. The van der Waals surface area contributed by atoms with E-state index >= 15 is 0 Å². The lowest BCUT2D eigenvalue weighted by Crippen LogP contribution is -2.24. The second-order valence-corrected chi connectivity index (χ2v) is 3.29. The van der Waals surface area contributed by atoms with Crippen molar-refractivity contribution in [3.05, 3.63) is 28.2 Å². The monoisotopic (exact) mass is 204 g/mol. The summed E-state index contributed by atoms with van der Waals surface area (Å²) in [6.07, 6.45) is 0. The van der Waals surface area contributed by atoms with Crippen LogP contribution in [0.1, 0.15) is 0 Å². The van der Waals surface area contributed by atoms with Gasteiger partial charge in [0.25, 0.3) is 0 Å². The van der Waals surface area contributed by atoms with Gasteiger partial charge in [0.2, 0.25) is 0 Å². The fourth-order valence-electron chi connectivity index (χ4n) is 0.828. The predicted octanol–water partition coefficient (Wildman–Crippen LogP) is 2.35. The number of hydrogen-bond acceptors (Lipinski definition) is 2. The number of rotatable bonds is 2. The topological polar surface area (TPSA) is 29.3 Å². The summed E-state index contributed by atoms with van der Waals surface area (Å²) in [5, 5.41) is 1.11. The molecule has 0 aromatic heterocycles. The molecule has 0 aliphatic carbocycles. The van der Waals surface area contributed by atoms with Gasteiger partial charge in [-0.25, -0.2) is 0 Å². The van der Waals surface area contributed by atoms with Crippen LogP contribution in [0.15, 0.2) is 18.2 Å². The van der Waals surface area contributed by atoms with Gasteiger partial charge in [-0.2, -0.15) is 0 Å². The maximum atomic E-state index is 5.82. The Kier molecular flexibility index (Phi) is 3.20. The second kappa shape index (κ2) is 3.99. The lowest BCUT2D eigenvalue weighted by molar-refractivity contribution is 0.933. The van der Waals surface area contributed by atoms with Crippen molar-refractivity contribution in [2.75, 3.05) is 18.6 Å². The summed E-state index contributed by atoms with van der Waals surface area (Å²) in [4.78, 5) is 1.88. The van der Waals surface area contributed by atoms with Crippen molar-refractivity contribution in [1.29, 1.82) is 0 Å². The predicted molar refractivity (Wildman–Crippen MR) is 53.9 cm³/mol. The number of halogens is 2. The highest BCUT2D eigenvalue weighted by Gasteiger charge is 2.01. The Labute approximate surface area is 81.9 Å². The standard InChI is InChI=1S/C8H10Cl2N2/c1-12(5-11)6-2-3-7(9)8(10)4-6/h2-4H,5,11H2,1H3. The molecule has 0 saturated heterocycles. The molecule has 0 atom stereocenters. The molecule has 4 heteroatoms. The van der Waals surface area contributed by atoms with Crippen LogP contribution in [0.2, 0.25) is 10.0 Å². The minimum absolute atomic E-state index is 0.456. The van der Waals surface area contributed by atoms with Gasteiger partial charge in [0.1, 0.15) is 0 Å². The molecule has 1 aromatic carbocycles. The van der Waals surface area contributed by atoms with Crippen LogP contribution in [0.3, 0.4) is 0 Å². The van der Waals surface area contributed by atoms with Crippen molar-refractivity contribution in [1.82, 2.24) is 0 Å². The molecule has 0 aliphatic rings. The first-order valence-electron chi connectivity index (χ1n) is 3.51. The molecule has 1 aromatic rings. The molecule has 0 radical (unpaired) electrons. The lowest BCUT2D eigenvalue weighted by Gasteiger charge is -2.16. The van der Waals surface area contributed by atoms with Crippen LogP contribution < -0.4 is 10.6 Å². The largest absolute Gasteiger partial charge is 0.362 e. The molecule has 0 amide bonds. The summed E-state index contributed by atoms with van der Waals surface area (Å²) in [7, 11) is 1.89. The first-order valence-corrected chi connectivity index (χ1v) is 4.27. The van der Waals surface area contributed by atoms with Crippen LogP contribution in [0.5, 0.6) is 0 Å². The van der Waals surface area contributed by atoms with Crippen LogP contribution in [0.4, 0.5) is 5.69 Å². The van der Waals surface area contributed by atoms with Gasteiger partial charge in [-0.05, 0) is 18.2 Å². The van der Waals surface area contributed by atoms with Crippen molar-refractivity contribution >= 4 is 28.9 Å². The van der Waals surface area contributed by atoms with E-state index in [-0.39, 0.29) is 0 Å². The van der Waals surface area contributed by atoms with Crippen molar-refractivity contribution < 1.29 is 0 Å². The Hall–Kier alpha value is -0.440. The van der Waals surface area contributed by atoms with Crippen molar-refractivity contribution in [2.24, 2.45) is 5.73 Å². The van der Waals surface area contributed by atoms with E-state index in [9.17, 15) is 0 Å². The normalized spacial score (nSPS) is 10.0. The Morgan fingerprint density at radius 1 is 1.33 bits per heavy atom. The van der Waals surface area contributed by atoms with Gasteiger partial charge in [-0.1, -0.05) is 23.2 Å². The molecule has 12 heavy (non-hydrogen) atoms. The van der Waals surface area contributed by atoms with Crippen LogP contribution in [0.25, 0.3) is 0 Å². The van der Waals surface area contributed by atoms with Crippen LogP contribution in [0, 0.1) is 0 Å². The summed E-state index contributed by atoms with van der Waals surface area (Å²) in [5.74, 6) is 0. The fraction of sp³-hybridized carbons (Fsp3) is 0.250.